The summed E-state index contributed by atoms with van der Waals surface area (Å²) < 4.78 is 24.0. The van der Waals surface area contributed by atoms with Crippen molar-refractivity contribution in [2.75, 3.05) is 13.2 Å². The third-order valence-corrected chi connectivity index (χ3v) is 4.45. The van der Waals surface area contributed by atoms with E-state index in [4.69, 9.17) is 21.1 Å². The van der Waals surface area contributed by atoms with Crippen LogP contribution in [0.1, 0.15) is 16.0 Å². The van der Waals surface area contributed by atoms with Crippen molar-refractivity contribution >= 4 is 27.5 Å². The Balaban J connectivity index is 1.98. The van der Waals surface area contributed by atoms with E-state index in [0.717, 1.165) is 11.1 Å². The molecule has 2 nitrogen and oxygen atoms in total. The predicted molar refractivity (Wildman–Crippen MR) is 79.6 cm³/mol. The fourth-order valence-electron chi connectivity index (χ4n) is 2.09. The van der Waals surface area contributed by atoms with Gasteiger partial charge in [0.25, 0.3) is 0 Å². The maximum Gasteiger partial charge on any atom is 0.162 e. The van der Waals surface area contributed by atoms with Crippen LogP contribution < -0.4 is 9.47 Å². The van der Waals surface area contributed by atoms with Gasteiger partial charge in [-0.15, -0.1) is 0 Å². The van der Waals surface area contributed by atoms with Gasteiger partial charge in [0.2, 0.25) is 0 Å². The zero-order valence-corrected chi connectivity index (χ0v) is 12.7. The molecule has 1 aliphatic rings. The SMILES string of the molecule is Fc1ccc(C(Br)c2cc3c(cc2Cl)OCCO3)cc1. The van der Waals surface area contributed by atoms with E-state index in [2.05, 4.69) is 15.9 Å². The van der Waals surface area contributed by atoms with Gasteiger partial charge in [0.15, 0.2) is 11.5 Å². The van der Waals surface area contributed by atoms with E-state index in [1.165, 1.54) is 12.1 Å². The minimum atomic E-state index is -0.262. The van der Waals surface area contributed by atoms with E-state index in [0.29, 0.717) is 29.7 Å². The number of ether oxygens (including phenoxy) is 2. The molecule has 0 amide bonds. The van der Waals surface area contributed by atoms with E-state index >= 15 is 0 Å². The molecule has 3 rings (SSSR count). The highest BCUT2D eigenvalue weighted by molar-refractivity contribution is 9.09. The molecule has 0 bridgehead atoms. The Bertz CT molecular complexity index is 631. The van der Waals surface area contributed by atoms with E-state index < -0.39 is 0 Å². The van der Waals surface area contributed by atoms with Crippen LogP contribution in [0.4, 0.5) is 4.39 Å². The van der Waals surface area contributed by atoms with Gasteiger partial charge in [0.1, 0.15) is 19.0 Å². The third kappa shape index (κ3) is 2.63. The second kappa shape index (κ2) is 5.62. The molecule has 5 heteroatoms. The van der Waals surface area contributed by atoms with Gasteiger partial charge in [-0.05, 0) is 29.3 Å². The van der Waals surface area contributed by atoms with Crippen molar-refractivity contribution in [2.45, 2.75) is 4.83 Å². The second-order valence-corrected chi connectivity index (χ2v) is 5.75. The van der Waals surface area contributed by atoms with Crippen LogP contribution in [0.25, 0.3) is 0 Å². The van der Waals surface area contributed by atoms with Crippen LogP contribution in [-0.2, 0) is 0 Å². The molecule has 0 saturated carbocycles. The quantitative estimate of drug-likeness (QED) is 0.723. The van der Waals surface area contributed by atoms with Gasteiger partial charge < -0.3 is 9.47 Å². The summed E-state index contributed by atoms with van der Waals surface area (Å²) in [5.41, 5.74) is 1.78. The van der Waals surface area contributed by atoms with Crippen LogP contribution in [0.2, 0.25) is 5.02 Å². The summed E-state index contributed by atoms with van der Waals surface area (Å²) in [5.74, 6) is 1.08. The van der Waals surface area contributed by atoms with E-state index in [1.807, 2.05) is 6.07 Å². The highest BCUT2D eigenvalue weighted by Crippen LogP contribution is 2.42. The predicted octanol–water partition coefficient (Wildman–Crippen LogP) is 4.73. The number of fused-ring (bicyclic) bond motifs is 1. The number of benzene rings is 2. The Morgan fingerprint density at radius 3 is 2.30 bits per heavy atom. The number of rotatable bonds is 2. The van der Waals surface area contributed by atoms with Crippen LogP contribution in [-0.4, -0.2) is 13.2 Å². The zero-order chi connectivity index (χ0) is 14.1. The Labute approximate surface area is 129 Å². The summed E-state index contributed by atoms with van der Waals surface area (Å²) in [5, 5.41) is 0.584. The van der Waals surface area contributed by atoms with Crippen LogP contribution in [0.5, 0.6) is 11.5 Å². The molecular formula is C15H11BrClFO2. The topological polar surface area (TPSA) is 18.5 Å². The Morgan fingerprint density at radius 2 is 1.65 bits per heavy atom. The molecule has 0 saturated heterocycles. The van der Waals surface area contributed by atoms with Crippen molar-refractivity contribution in [3.63, 3.8) is 0 Å². The maximum atomic E-state index is 13.0. The average molecular weight is 358 g/mol. The van der Waals surface area contributed by atoms with Gasteiger partial charge in [0, 0.05) is 11.1 Å². The Morgan fingerprint density at radius 1 is 1.05 bits per heavy atom. The summed E-state index contributed by atoms with van der Waals surface area (Å²) in [6, 6.07) is 9.91. The molecule has 1 unspecified atom stereocenters. The Hall–Kier alpha value is -1.26. The molecule has 0 fully saturated rings. The highest BCUT2D eigenvalue weighted by Gasteiger charge is 2.20. The lowest BCUT2D eigenvalue weighted by molar-refractivity contribution is 0.171. The van der Waals surface area contributed by atoms with E-state index in [1.54, 1.807) is 18.2 Å². The molecule has 1 aliphatic heterocycles. The van der Waals surface area contributed by atoms with Crippen LogP contribution in [0.15, 0.2) is 36.4 Å². The van der Waals surface area contributed by atoms with Crippen molar-refractivity contribution in [3.05, 3.63) is 58.4 Å². The molecule has 104 valence electrons. The molecule has 0 aromatic heterocycles. The molecule has 1 heterocycles. The first-order valence-corrected chi connectivity index (χ1v) is 7.43. The van der Waals surface area contributed by atoms with Gasteiger partial charge in [-0.2, -0.15) is 0 Å². The van der Waals surface area contributed by atoms with Crippen molar-refractivity contribution in [3.8, 4) is 11.5 Å². The fraction of sp³-hybridized carbons (Fsp3) is 0.200. The number of halogens is 3. The van der Waals surface area contributed by atoms with E-state index in [-0.39, 0.29) is 10.6 Å². The average Bonchev–Trinajstić information content (AvgIpc) is 2.46. The van der Waals surface area contributed by atoms with Crippen molar-refractivity contribution < 1.29 is 13.9 Å². The Kier molecular flexibility index (Phi) is 3.85. The normalized spacial score (nSPS) is 14.9. The highest BCUT2D eigenvalue weighted by atomic mass is 79.9. The molecule has 0 N–H and O–H groups in total. The molecule has 2 aromatic carbocycles. The van der Waals surface area contributed by atoms with Gasteiger partial charge in [-0.1, -0.05) is 39.7 Å². The molecule has 2 aromatic rings. The van der Waals surface area contributed by atoms with E-state index in [9.17, 15) is 4.39 Å². The summed E-state index contributed by atoms with van der Waals surface area (Å²) in [7, 11) is 0. The first-order chi connectivity index (χ1) is 9.65. The monoisotopic (exact) mass is 356 g/mol. The second-order valence-electron chi connectivity index (χ2n) is 4.43. The fourth-order valence-corrected chi connectivity index (χ4v) is 3.16. The van der Waals surface area contributed by atoms with Crippen LogP contribution in [0, 0.1) is 5.82 Å². The molecule has 20 heavy (non-hydrogen) atoms. The number of hydrogen-bond donors (Lipinski definition) is 0. The minimum Gasteiger partial charge on any atom is -0.486 e. The largest absolute Gasteiger partial charge is 0.486 e. The number of hydrogen-bond acceptors (Lipinski definition) is 2. The maximum absolute atomic E-state index is 13.0. The smallest absolute Gasteiger partial charge is 0.162 e. The molecule has 0 radical (unpaired) electrons. The molecule has 0 aliphatic carbocycles. The van der Waals surface area contributed by atoms with Crippen molar-refractivity contribution in [2.24, 2.45) is 0 Å². The van der Waals surface area contributed by atoms with Crippen LogP contribution in [0.3, 0.4) is 0 Å². The van der Waals surface area contributed by atoms with Gasteiger partial charge in [-0.25, -0.2) is 4.39 Å². The van der Waals surface area contributed by atoms with Crippen LogP contribution >= 0.6 is 27.5 Å². The number of alkyl halides is 1. The first kappa shape index (κ1) is 13.7. The molecule has 1 atom stereocenters. The summed E-state index contributed by atoms with van der Waals surface area (Å²) in [4.78, 5) is -0.133. The van der Waals surface area contributed by atoms with Crippen molar-refractivity contribution in [1.82, 2.24) is 0 Å². The zero-order valence-electron chi connectivity index (χ0n) is 10.4. The third-order valence-electron chi connectivity index (χ3n) is 3.10. The summed E-state index contributed by atoms with van der Waals surface area (Å²) in [6.45, 7) is 1.05. The molecular weight excluding hydrogens is 347 g/mol. The first-order valence-electron chi connectivity index (χ1n) is 6.14. The lowest BCUT2D eigenvalue weighted by atomic mass is 10.0. The minimum absolute atomic E-state index is 0.133. The van der Waals surface area contributed by atoms with Gasteiger partial charge >= 0.3 is 0 Å². The summed E-state index contributed by atoms with van der Waals surface area (Å²) in [6.07, 6.45) is 0. The summed E-state index contributed by atoms with van der Waals surface area (Å²) >= 11 is 9.89. The van der Waals surface area contributed by atoms with Crippen molar-refractivity contribution in [1.29, 1.82) is 0 Å². The standard InChI is InChI=1S/C15H11BrClFO2/c16-15(9-1-3-10(18)4-2-9)11-7-13-14(8-12(11)17)20-6-5-19-13/h1-4,7-8,15H,5-6H2. The van der Waals surface area contributed by atoms with Gasteiger partial charge in [-0.3, -0.25) is 0 Å². The lowest BCUT2D eigenvalue weighted by Gasteiger charge is -2.21. The molecule has 0 spiro atoms. The van der Waals surface area contributed by atoms with Gasteiger partial charge in [0.05, 0.1) is 4.83 Å². The lowest BCUT2D eigenvalue weighted by Crippen LogP contribution is -2.15.